The van der Waals surface area contributed by atoms with Crippen LogP contribution in [0.15, 0.2) is 23.2 Å². The van der Waals surface area contributed by atoms with E-state index >= 15 is 0 Å². The molecule has 0 bridgehead atoms. The fourth-order valence-corrected chi connectivity index (χ4v) is 2.87. The standard InChI is InChI=1S/C14H18N4S/c1-14(2)8-18(3)12-6-5-10(7-11(12)14)17-13(19-4)16-9-15/h5-7H,8H2,1-4H3,(H,16,17). The van der Waals surface area contributed by atoms with Crippen LogP contribution >= 0.6 is 11.8 Å². The molecule has 0 unspecified atom stereocenters. The number of nitriles is 1. The van der Waals surface area contributed by atoms with E-state index in [0.717, 1.165) is 12.2 Å². The molecule has 5 heteroatoms. The number of nitrogens with one attached hydrogen (secondary N) is 1. The van der Waals surface area contributed by atoms with E-state index in [4.69, 9.17) is 5.26 Å². The molecule has 1 N–H and O–H groups in total. The van der Waals surface area contributed by atoms with Gasteiger partial charge in [-0.2, -0.15) is 5.26 Å². The predicted molar refractivity (Wildman–Crippen MR) is 82.1 cm³/mol. The van der Waals surface area contributed by atoms with Crippen LogP contribution in [0.1, 0.15) is 19.4 Å². The van der Waals surface area contributed by atoms with Crippen molar-refractivity contribution >= 4 is 28.3 Å². The Kier molecular flexibility index (Phi) is 3.72. The highest BCUT2D eigenvalue weighted by molar-refractivity contribution is 8.13. The minimum Gasteiger partial charge on any atom is -0.373 e. The van der Waals surface area contributed by atoms with Gasteiger partial charge in [0.1, 0.15) is 0 Å². The van der Waals surface area contributed by atoms with Crippen molar-refractivity contribution in [1.29, 1.82) is 5.26 Å². The fraction of sp³-hybridized carbons (Fsp3) is 0.429. The van der Waals surface area contributed by atoms with Crippen molar-refractivity contribution in [3.05, 3.63) is 23.8 Å². The molecule has 0 aliphatic carbocycles. The molecule has 0 saturated heterocycles. The van der Waals surface area contributed by atoms with Gasteiger partial charge in [0.2, 0.25) is 0 Å². The van der Waals surface area contributed by atoms with Gasteiger partial charge < -0.3 is 4.90 Å². The Balaban J connectivity index is 2.40. The van der Waals surface area contributed by atoms with Crippen molar-refractivity contribution in [2.45, 2.75) is 19.3 Å². The van der Waals surface area contributed by atoms with E-state index in [1.165, 1.54) is 23.0 Å². The molecule has 4 nitrogen and oxygen atoms in total. The molecule has 0 aromatic heterocycles. The number of benzene rings is 1. The molecule has 19 heavy (non-hydrogen) atoms. The summed E-state index contributed by atoms with van der Waals surface area (Å²) in [5.74, 6) is 0. The van der Waals surface area contributed by atoms with E-state index in [9.17, 15) is 0 Å². The Bertz CT molecular complexity index is 557. The first-order chi connectivity index (χ1) is 8.97. The van der Waals surface area contributed by atoms with Crippen molar-refractivity contribution in [2.75, 3.05) is 24.7 Å². The van der Waals surface area contributed by atoms with E-state index in [-0.39, 0.29) is 5.41 Å². The van der Waals surface area contributed by atoms with Crippen molar-refractivity contribution in [1.82, 2.24) is 5.32 Å². The Morgan fingerprint density at radius 1 is 1.53 bits per heavy atom. The maximum atomic E-state index is 8.66. The van der Waals surface area contributed by atoms with E-state index in [1.54, 1.807) is 0 Å². The SMILES string of the molecule is CSC(=Nc1ccc2c(c1)C(C)(C)CN2C)NC#N. The van der Waals surface area contributed by atoms with Crippen LogP contribution in [0.25, 0.3) is 0 Å². The van der Waals surface area contributed by atoms with E-state index < -0.39 is 0 Å². The summed E-state index contributed by atoms with van der Waals surface area (Å²) < 4.78 is 0. The zero-order valence-corrected chi connectivity index (χ0v) is 12.5. The van der Waals surface area contributed by atoms with Crippen LogP contribution in [0.3, 0.4) is 0 Å². The molecule has 1 aromatic carbocycles. The number of aliphatic imine (C=N–C) groups is 1. The van der Waals surface area contributed by atoms with Gasteiger partial charge in [-0.15, -0.1) is 0 Å². The quantitative estimate of drug-likeness (QED) is 0.370. The second-order valence-corrected chi connectivity index (χ2v) is 6.09. The third kappa shape index (κ3) is 2.69. The summed E-state index contributed by atoms with van der Waals surface area (Å²) in [6.45, 7) is 5.50. The van der Waals surface area contributed by atoms with Gasteiger partial charge in [-0.05, 0) is 30.0 Å². The minimum absolute atomic E-state index is 0.137. The molecule has 100 valence electrons. The Hall–Kier alpha value is -1.67. The van der Waals surface area contributed by atoms with Gasteiger partial charge in [-0.1, -0.05) is 25.6 Å². The second kappa shape index (κ2) is 5.14. The molecule has 1 aliphatic rings. The summed E-state index contributed by atoms with van der Waals surface area (Å²) in [4.78, 5) is 6.73. The molecule has 0 spiro atoms. The monoisotopic (exact) mass is 274 g/mol. The Morgan fingerprint density at radius 3 is 2.89 bits per heavy atom. The normalized spacial score (nSPS) is 17.0. The summed E-state index contributed by atoms with van der Waals surface area (Å²) in [6.07, 6.45) is 3.80. The van der Waals surface area contributed by atoms with Gasteiger partial charge in [0.15, 0.2) is 11.4 Å². The minimum atomic E-state index is 0.137. The van der Waals surface area contributed by atoms with Crippen molar-refractivity contribution in [3.8, 4) is 6.19 Å². The first-order valence-corrected chi connectivity index (χ1v) is 7.34. The number of rotatable bonds is 1. The molecule has 2 rings (SSSR count). The third-order valence-corrected chi connectivity index (χ3v) is 3.92. The van der Waals surface area contributed by atoms with Crippen LogP contribution in [0.5, 0.6) is 0 Å². The molecule has 1 aromatic rings. The lowest BCUT2D eigenvalue weighted by Gasteiger charge is -2.18. The zero-order chi connectivity index (χ0) is 14.0. The molecule has 1 heterocycles. The number of amidine groups is 1. The van der Waals surface area contributed by atoms with Crippen LogP contribution < -0.4 is 10.2 Å². The smallest absolute Gasteiger partial charge is 0.183 e. The lowest BCUT2D eigenvalue weighted by molar-refractivity contribution is 0.563. The number of hydrogen-bond acceptors (Lipinski definition) is 4. The van der Waals surface area contributed by atoms with Gasteiger partial charge in [0, 0.05) is 24.7 Å². The average Bonchev–Trinajstić information content (AvgIpc) is 2.59. The highest BCUT2D eigenvalue weighted by atomic mass is 32.2. The van der Waals surface area contributed by atoms with Gasteiger partial charge in [0.05, 0.1) is 5.69 Å². The number of likely N-dealkylation sites (N-methyl/N-ethyl adjacent to an activating group) is 1. The molecule has 0 amide bonds. The van der Waals surface area contributed by atoms with E-state index in [2.05, 4.69) is 48.2 Å². The molecule has 0 atom stereocenters. The summed E-state index contributed by atoms with van der Waals surface area (Å²) in [7, 11) is 2.11. The third-order valence-electron chi connectivity index (χ3n) is 3.34. The first-order valence-electron chi connectivity index (χ1n) is 6.11. The maximum absolute atomic E-state index is 8.66. The molecule has 0 radical (unpaired) electrons. The Labute approximate surface area is 118 Å². The highest BCUT2D eigenvalue weighted by Crippen LogP contribution is 2.41. The predicted octanol–water partition coefficient (Wildman–Crippen LogP) is 2.84. The Morgan fingerprint density at radius 2 is 2.26 bits per heavy atom. The summed E-state index contributed by atoms with van der Waals surface area (Å²) in [5, 5.41) is 11.9. The van der Waals surface area contributed by atoms with E-state index in [0.29, 0.717) is 5.17 Å². The maximum Gasteiger partial charge on any atom is 0.183 e. The molecular formula is C14H18N4S. The van der Waals surface area contributed by atoms with Crippen LogP contribution in [-0.2, 0) is 5.41 Å². The number of nitrogens with zero attached hydrogens (tertiary/aromatic N) is 3. The van der Waals surface area contributed by atoms with Crippen LogP contribution in [0.2, 0.25) is 0 Å². The van der Waals surface area contributed by atoms with E-state index in [1.807, 2.05) is 18.5 Å². The summed E-state index contributed by atoms with van der Waals surface area (Å²) >= 11 is 1.43. The van der Waals surface area contributed by atoms with Crippen LogP contribution in [0, 0.1) is 11.5 Å². The van der Waals surface area contributed by atoms with Crippen molar-refractivity contribution in [3.63, 3.8) is 0 Å². The van der Waals surface area contributed by atoms with Gasteiger partial charge in [-0.25, -0.2) is 4.99 Å². The average molecular weight is 274 g/mol. The zero-order valence-electron chi connectivity index (χ0n) is 11.7. The van der Waals surface area contributed by atoms with Crippen molar-refractivity contribution in [2.24, 2.45) is 4.99 Å². The summed E-state index contributed by atoms with van der Waals surface area (Å²) in [6, 6.07) is 6.22. The summed E-state index contributed by atoms with van der Waals surface area (Å²) in [5.41, 5.74) is 3.60. The lowest BCUT2D eigenvalue weighted by Crippen LogP contribution is -2.24. The van der Waals surface area contributed by atoms with Gasteiger partial charge in [-0.3, -0.25) is 5.32 Å². The molecule has 0 saturated carbocycles. The topological polar surface area (TPSA) is 51.4 Å². The molecule has 0 fully saturated rings. The van der Waals surface area contributed by atoms with Crippen molar-refractivity contribution < 1.29 is 0 Å². The first kappa shape index (κ1) is 13.8. The van der Waals surface area contributed by atoms with Gasteiger partial charge in [0.25, 0.3) is 0 Å². The van der Waals surface area contributed by atoms with Gasteiger partial charge >= 0.3 is 0 Å². The van der Waals surface area contributed by atoms with Crippen LogP contribution in [0.4, 0.5) is 11.4 Å². The molecular weight excluding hydrogens is 256 g/mol. The largest absolute Gasteiger partial charge is 0.373 e. The highest BCUT2D eigenvalue weighted by Gasteiger charge is 2.33. The number of thioether (sulfide) groups is 1. The lowest BCUT2D eigenvalue weighted by atomic mass is 9.87. The number of anilines is 1. The number of fused-ring (bicyclic) bond motifs is 1. The molecule has 1 aliphatic heterocycles. The second-order valence-electron chi connectivity index (χ2n) is 5.30. The van der Waals surface area contributed by atoms with Crippen LogP contribution in [-0.4, -0.2) is 25.0 Å². The fourth-order valence-electron chi connectivity index (χ4n) is 2.52. The number of hydrogen-bond donors (Lipinski definition) is 1.